The van der Waals surface area contributed by atoms with E-state index in [1.165, 1.54) is 11.3 Å². The fraction of sp³-hybridized carbons (Fsp3) is 0.500. The molecule has 4 heteroatoms. The van der Waals surface area contributed by atoms with Crippen LogP contribution in [0.4, 0.5) is 0 Å². The van der Waals surface area contributed by atoms with E-state index in [2.05, 4.69) is 17.3 Å². The molecule has 0 radical (unpaired) electrons. The molecule has 1 aromatic heterocycles. The van der Waals surface area contributed by atoms with Crippen LogP contribution in [0.2, 0.25) is 0 Å². The van der Waals surface area contributed by atoms with Crippen molar-refractivity contribution < 1.29 is 0 Å². The molecule has 0 unspecified atom stereocenters. The molecule has 0 fully saturated rings. The van der Waals surface area contributed by atoms with E-state index in [1.807, 2.05) is 30.1 Å². The van der Waals surface area contributed by atoms with Crippen LogP contribution in [-0.2, 0) is 13.6 Å². The molecule has 1 N–H and O–H groups in total. The average Bonchev–Trinajstić information content (AvgIpc) is 2.49. The summed E-state index contributed by atoms with van der Waals surface area (Å²) in [5, 5.41) is 7.46. The molecule has 0 amide bonds. The Kier molecular flexibility index (Phi) is 4.70. The van der Waals surface area contributed by atoms with Gasteiger partial charge in [0.1, 0.15) is 0 Å². The number of hydrogen-bond donors (Lipinski definition) is 1. The van der Waals surface area contributed by atoms with Crippen LogP contribution in [0.25, 0.3) is 0 Å². The number of hydrogen-bond acceptors (Lipinski definition) is 2. The predicted octanol–water partition coefficient (Wildman–Crippen LogP) is 1.61. The van der Waals surface area contributed by atoms with Gasteiger partial charge in [-0.25, -0.2) is 0 Å². The minimum Gasteiger partial charge on any atom is -0.309 e. The first kappa shape index (κ1) is 11.3. The van der Waals surface area contributed by atoms with Crippen LogP contribution in [0.15, 0.2) is 18.3 Å². The molecule has 1 aromatic rings. The molecule has 1 heterocycles. The zero-order valence-electron chi connectivity index (χ0n) is 8.63. The van der Waals surface area contributed by atoms with Crippen molar-refractivity contribution in [3.63, 3.8) is 0 Å². The van der Waals surface area contributed by atoms with Crippen LogP contribution in [0.1, 0.15) is 11.3 Å². The molecule has 78 valence electrons. The highest BCUT2D eigenvalue weighted by molar-refractivity contribution is 6.18. The molecule has 0 atom stereocenters. The second-order valence-electron chi connectivity index (χ2n) is 3.14. The third-order valence-electron chi connectivity index (χ3n) is 2.17. The normalized spacial score (nSPS) is 11.4. The van der Waals surface area contributed by atoms with Gasteiger partial charge < -0.3 is 5.32 Å². The van der Waals surface area contributed by atoms with Crippen molar-refractivity contribution in [3.8, 4) is 0 Å². The average molecular weight is 214 g/mol. The third-order valence-corrected chi connectivity index (χ3v) is 2.35. The standard InChI is InChI=1S/C10H16ClN3/c1-9-10(8-13-14(9)2)7-12-6-4-3-5-11/h3-4,8,12H,5-7H2,1-2H3/b4-3+. The Hall–Kier alpha value is -0.800. The molecule has 0 aromatic carbocycles. The maximum Gasteiger partial charge on any atom is 0.0537 e. The van der Waals surface area contributed by atoms with E-state index >= 15 is 0 Å². The molecule has 0 aliphatic carbocycles. The van der Waals surface area contributed by atoms with Crippen LogP contribution in [0.3, 0.4) is 0 Å². The second kappa shape index (κ2) is 5.83. The quantitative estimate of drug-likeness (QED) is 0.458. The van der Waals surface area contributed by atoms with Crippen molar-refractivity contribution in [2.75, 3.05) is 12.4 Å². The number of alkyl halides is 1. The van der Waals surface area contributed by atoms with Crippen molar-refractivity contribution in [2.45, 2.75) is 13.5 Å². The van der Waals surface area contributed by atoms with Crippen LogP contribution in [-0.4, -0.2) is 22.2 Å². The van der Waals surface area contributed by atoms with Crippen LogP contribution >= 0.6 is 11.6 Å². The minimum atomic E-state index is 0.577. The Labute approximate surface area is 89.8 Å². The van der Waals surface area contributed by atoms with E-state index in [0.29, 0.717) is 5.88 Å². The molecule has 3 nitrogen and oxygen atoms in total. The number of aromatic nitrogens is 2. The van der Waals surface area contributed by atoms with Gasteiger partial charge in [-0.05, 0) is 6.92 Å². The van der Waals surface area contributed by atoms with E-state index in [4.69, 9.17) is 11.6 Å². The van der Waals surface area contributed by atoms with Gasteiger partial charge in [-0.1, -0.05) is 12.2 Å². The first-order chi connectivity index (χ1) is 6.75. The van der Waals surface area contributed by atoms with E-state index in [-0.39, 0.29) is 0 Å². The Morgan fingerprint density at radius 2 is 2.36 bits per heavy atom. The van der Waals surface area contributed by atoms with Crippen molar-refractivity contribution in [3.05, 3.63) is 29.6 Å². The lowest BCUT2D eigenvalue weighted by molar-refractivity contribution is 0.724. The molecule has 0 saturated carbocycles. The molecule has 0 bridgehead atoms. The van der Waals surface area contributed by atoms with Crippen molar-refractivity contribution in [1.82, 2.24) is 15.1 Å². The van der Waals surface area contributed by atoms with Gasteiger partial charge in [-0.15, -0.1) is 11.6 Å². The zero-order chi connectivity index (χ0) is 10.4. The summed E-state index contributed by atoms with van der Waals surface area (Å²) in [6.07, 6.45) is 5.86. The minimum absolute atomic E-state index is 0.577. The van der Waals surface area contributed by atoms with Gasteiger partial charge in [0.2, 0.25) is 0 Å². The summed E-state index contributed by atoms with van der Waals surface area (Å²) in [5.74, 6) is 0.577. The molecule has 0 saturated heterocycles. The van der Waals surface area contributed by atoms with Gasteiger partial charge in [0, 0.05) is 37.3 Å². The molecule has 1 rings (SSSR count). The Morgan fingerprint density at radius 1 is 1.57 bits per heavy atom. The Morgan fingerprint density at radius 3 is 2.93 bits per heavy atom. The Bertz CT molecular complexity index is 304. The van der Waals surface area contributed by atoms with Crippen LogP contribution in [0.5, 0.6) is 0 Å². The summed E-state index contributed by atoms with van der Waals surface area (Å²) >= 11 is 5.50. The maximum atomic E-state index is 5.50. The molecule has 0 spiro atoms. The highest BCUT2D eigenvalue weighted by atomic mass is 35.5. The number of halogens is 1. The number of allylic oxidation sites excluding steroid dienone is 1. The van der Waals surface area contributed by atoms with Crippen LogP contribution in [0, 0.1) is 6.92 Å². The summed E-state index contributed by atoms with van der Waals surface area (Å²) in [6.45, 7) is 3.77. The highest BCUT2D eigenvalue weighted by Crippen LogP contribution is 2.04. The fourth-order valence-corrected chi connectivity index (χ4v) is 1.28. The van der Waals surface area contributed by atoms with E-state index in [0.717, 1.165) is 13.1 Å². The van der Waals surface area contributed by atoms with Gasteiger partial charge >= 0.3 is 0 Å². The van der Waals surface area contributed by atoms with Gasteiger partial charge in [0.15, 0.2) is 0 Å². The van der Waals surface area contributed by atoms with Gasteiger partial charge in [0.25, 0.3) is 0 Å². The molecule has 0 aliphatic rings. The SMILES string of the molecule is Cc1c(CNC/C=C/CCl)cnn1C. The molecular weight excluding hydrogens is 198 g/mol. The summed E-state index contributed by atoms with van der Waals surface area (Å²) in [6, 6.07) is 0. The maximum absolute atomic E-state index is 5.50. The fourth-order valence-electron chi connectivity index (χ4n) is 1.15. The number of rotatable bonds is 5. The number of aryl methyl sites for hydroxylation is 1. The highest BCUT2D eigenvalue weighted by Gasteiger charge is 2.01. The summed E-state index contributed by atoms with van der Waals surface area (Å²) < 4.78 is 1.88. The molecule has 0 aliphatic heterocycles. The lowest BCUT2D eigenvalue weighted by Crippen LogP contribution is -2.13. The monoisotopic (exact) mass is 213 g/mol. The third kappa shape index (κ3) is 3.16. The largest absolute Gasteiger partial charge is 0.309 e. The summed E-state index contributed by atoms with van der Waals surface area (Å²) in [4.78, 5) is 0. The van der Waals surface area contributed by atoms with E-state index in [9.17, 15) is 0 Å². The van der Waals surface area contributed by atoms with Gasteiger partial charge in [-0.3, -0.25) is 4.68 Å². The first-order valence-corrected chi connectivity index (χ1v) is 5.18. The lowest BCUT2D eigenvalue weighted by atomic mass is 10.2. The topological polar surface area (TPSA) is 29.9 Å². The first-order valence-electron chi connectivity index (χ1n) is 4.65. The molecule has 14 heavy (non-hydrogen) atoms. The second-order valence-corrected chi connectivity index (χ2v) is 3.44. The zero-order valence-corrected chi connectivity index (χ0v) is 9.38. The summed E-state index contributed by atoms with van der Waals surface area (Å²) in [5.41, 5.74) is 2.45. The Balaban J connectivity index is 2.31. The van der Waals surface area contributed by atoms with Gasteiger partial charge in [-0.2, -0.15) is 5.10 Å². The van der Waals surface area contributed by atoms with Crippen molar-refractivity contribution in [2.24, 2.45) is 7.05 Å². The van der Waals surface area contributed by atoms with Crippen molar-refractivity contribution >= 4 is 11.6 Å². The summed E-state index contributed by atoms with van der Waals surface area (Å²) in [7, 11) is 1.95. The van der Waals surface area contributed by atoms with E-state index < -0.39 is 0 Å². The van der Waals surface area contributed by atoms with Crippen LogP contribution < -0.4 is 5.32 Å². The smallest absolute Gasteiger partial charge is 0.0537 e. The number of nitrogens with one attached hydrogen (secondary N) is 1. The lowest BCUT2D eigenvalue weighted by Gasteiger charge is -2.00. The van der Waals surface area contributed by atoms with Crippen molar-refractivity contribution in [1.29, 1.82) is 0 Å². The van der Waals surface area contributed by atoms with Gasteiger partial charge in [0.05, 0.1) is 6.20 Å². The molecular formula is C10H16ClN3. The predicted molar refractivity (Wildman–Crippen MR) is 59.5 cm³/mol. The van der Waals surface area contributed by atoms with E-state index in [1.54, 1.807) is 0 Å². The number of nitrogens with zero attached hydrogens (tertiary/aromatic N) is 2.